The van der Waals surface area contributed by atoms with E-state index >= 15 is 0 Å². The molecule has 15 heavy (non-hydrogen) atoms. The summed E-state index contributed by atoms with van der Waals surface area (Å²) in [4.78, 5) is 11.8. The second kappa shape index (κ2) is 4.96. The van der Waals surface area contributed by atoms with Crippen LogP contribution in [0.4, 0.5) is 0 Å². The fourth-order valence-corrected chi connectivity index (χ4v) is 3.47. The Morgan fingerprint density at radius 3 is 2.60 bits per heavy atom. The molecule has 2 fully saturated rings. The van der Waals surface area contributed by atoms with E-state index in [1.165, 1.54) is 38.5 Å². The normalized spacial score (nSPS) is 35.6. The van der Waals surface area contributed by atoms with Gasteiger partial charge in [-0.3, -0.25) is 4.79 Å². The predicted molar refractivity (Wildman–Crippen MR) is 62.6 cm³/mol. The number of fused-ring (bicyclic) bond motifs is 1. The Bertz CT molecular complexity index is 244. The second-order valence-corrected chi connectivity index (χ2v) is 5.27. The van der Waals surface area contributed by atoms with E-state index in [0.29, 0.717) is 18.1 Å². The number of carbonyl (C=O) groups is 1. The highest BCUT2D eigenvalue weighted by Gasteiger charge is 2.34. The van der Waals surface area contributed by atoms with Gasteiger partial charge in [0.05, 0.1) is 0 Å². The molecule has 3 unspecified atom stereocenters. The first kappa shape index (κ1) is 10.9. The molecule has 0 aromatic rings. The van der Waals surface area contributed by atoms with Crippen LogP contribution in [0.15, 0.2) is 12.7 Å². The van der Waals surface area contributed by atoms with Gasteiger partial charge >= 0.3 is 0 Å². The highest BCUT2D eigenvalue weighted by molar-refractivity contribution is 5.82. The van der Waals surface area contributed by atoms with E-state index in [9.17, 15) is 4.79 Å². The highest BCUT2D eigenvalue weighted by atomic mass is 16.1. The third-order valence-electron chi connectivity index (χ3n) is 4.34. The second-order valence-electron chi connectivity index (χ2n) is 5.27. The molecule has 1 heteroatoms. The lowest BCUT2D eigenvalue weighted by Crippen LogP contribution is -2.31. The average Bonchev–Trinajstić information content (AvgIpc) is 2.29. The lowest BCUT2D eigenvalue weighted by molar-refractivity contribution is -0.124. The smallest absolute Gasteiger partial charge is 0.139 e. The fraction of sp³-hybridized carbons (Fsp3) is 0.786. The van der Waals surface area contributed by atoms with Gasteiger partial charge in [-0.05, 0) is 31.1 Å². The summed E-state index contributed by atoms with van der Waals surface area (Å²) in [5, 5.41) is 0. The van der Waals surface area contributed by atoms with Crippen LogP contribution in [0.5, 0.6) is 0 Å². The summed E-state index contributed by atoms with van der Waals surface area (Å²) in [7, 11) is 0. The van der Waals surface area contributed by atoms with E-state index in [0.717, 1.165) is 18.3 Å². The van der Waals surface area contributed by atoms with Crippen LogP contribution in [0.3, 0.4) is 0 Å². The van der Waals surface area contributed by atoms with Crippen molar-refractivity contribution in [3.63, 3.8) is 0 Å². The molecular weight excluding hydrogens is 184 g/mol. The van der Waals surface area contributed by atoms with Crippen molar-refractivity contribution in [2.75, 3.05) is 0 Å². The van der Waals surface area contributed by atoms with Crippen molar-refractivity contribution in [2.24, 2.45) is 17.8 Å². The maximum atomic E-state index is 11.8. The molecule has 0 spiro atoms. The molecule has 1 nitrogen and oxygen atoms in total. The van der Waals surface area contributed by atoms with Gasteiger partial charge < -0.3 is 0 Å². The Balaban J connectivity index is 1.90. The van der Waals surface area contributed by atoms with Crippen LogP contribution in [0.2, 0.25) is 0 Å². The van der Waals surface area contributed by atoms with E-state index in [4.69, 9.17) is 0 Å². The molecule has 2 aliphatic rings. The topological polar surface area (TPSA) is 17.1 Å². The van der Waals surface area contributed by atoms with Gasteiger partial charge in [-0.25, -0.2) is 0 Å². The molecule has 0 amide bonds. The van der Waals surface area contributed by atoms with Crippen LogP contribution in [0.1, 0.15) is 51.4 Å². The number of hydrogen-bond donors (Lipinski definition) is 0. The monoisotopic (exact) mass is 206 g/mol. The van der Waals surface area contributed by atoms with Crippen molar-refractivity contribution in [2.45, 2.75) is 51.4 Å². The molecule has 0 aromatic heterocycles. The van der Waals surface area contributed by atoms with Crippen LogP contribution in [-0.2, 0) is 4.79 Å². The minimum Gasteiger partial charge on any atom is -0.299 e. The lowest BCUT2D eigenvalue weighted by Gasteiger charge is -2.38. The molecule has 0 radical (unpaired) electrons. The van der Waals surface area contributed by atoms with Gasteiger partial charge in [-0.2, -0.15) is 0 Å². The van der Waals surface area contributed by atoms with E-state index in [1.807, 2.05) is 0 Å². The molecule has 0 aromatic carbocycles. The van der Waals surface area contributed by atoms with Crippen molar-refractivity contribution < 1.29 is 4.79 Å². The van der Waals surface area contributed by atoms with Gasteiger partial charge in [0.1, 0.15) is 5.78 Å². The molecule has 2 rings (SSSR count). The number of rotatable bonds is 3. The number of hydrogen-bond acceptors (Lipinski definition) is 1. The van der Waals surface area contributed by atoms with Crippen molar-refractivity contribution in [1.82, 2.24) is 0 Å². The highest BCUT2D eigenvalue weighted by Crippen LogP contribution is 2.43. The quantitative estimate of drug-likeness (QED) is 0.643. The van der Waals surface area contributed by atoms with Crippen LogP contribution in [-0.4, -0.2) is 5.78 Å². The van der Waals surface area contributed by atoms with Gasteiger partial charge in [-0.1, -0.05) is 31.8 Å². The van der Waals surface area contributed by atoms with Gasteiger partial charge in [0.2, 0.25) is 0 Å². The molecule has 84 valence electrons. The Morgan fingerprint density at radius 1 is 1.13 bits per heavy atom. The van der Waals surface area contributed by atoms with Crippen molar-refractivity contribution >= 4 is 5.78 Å². The number of ketones is 1. The van der Waals surface area contributed by atoms with Gasteiger partial charge in [0.15, 0.2) is 0 Å². The third kappa shape index (κ3) is 2.50. The minimum atomic E-state index is 0.363. The molecule has 0 heterocycles. The minimum absolute atomic E-state index is 0.363. The third-order valence-corrected chi connectivity index (χ3v) is 4.34. The zero-order valence-corrected chi connectivity index (χ0v) is 9.58. The Morgan fingerprint density at radius 2 is 1.87 bits per heavy atom. The first-order chi connectivity index (χ1) is 7.31. The fourth-order valence-electron chi connectivity index (χ4n) is 3.47. The first-order valence-electron chi connectivity index (χ1n) is 6.45. The van der Waals surface area contributed by atoms with Crippen molar-refractivity contribution in [3.05, 3.63) is 12.7 Å². The predicted octanol–water partition coefficient (Wildman–Crippen LogP) is 3.74. The molecule has 0 bridgehead atoms. The van der Waals surface area contributed by atoms with Crippen LogP contribution in [0.25, 0.3) is 0 Å². The lowest BCUT2D eigenvalue weighted by atomic mass is 9.66. The van der Waals surface area contributed by atoms with Crippen LogP contribution in [0, 0.1) is 17.8 Å². The van der Waals surface area contributed by atoms with Crippen molar-refractivity contribution in [1.29, 1.82) is 0 Å². The standard InChI is InChI=1S/C14H22O/c1-2-5-14(15)13-9-8-11-6-3-4-7-12(11)10-13/h2,11-13H,1,3-10H2. The number of carbonyl (C=O) groups excluding carboxylic acids is 1. The summed E-state index contributed by atoms with van der Waals surface area (Å²) in [5.74, 6) is 2.62. The molecule has 0 aliphatic heterocycles. The molecule has 2 aliphatic carbocycles. The van der Waals surface area contributed by atoms with Gasteiger partial charge in [0, 0.05) is 12.3 Å². The van der Waals surface area contributed by atoms with Crippen LogP contribution < -0.4 is 0 Å². The van der Waals surface area contributed by atoms with E-state index < -0.39 is 0 Å². The Kier molecular flexibility index (Phi) is 3.61. The zero-order chi connectivity index (χ0) is 10.7. The van der Waals surface area contributed by atoms with Crippen molar-refractivity contribution in [3.8, 4) is 0 Å². The van der Waals surface area contributed by atoms with Crippen LogP contribution >= 0.6 is 0 Å². The largest absolute Gasteiger partial charge is 0.299 e. The summed E-state index contributed by atoms with van der Waals surface area (Å²) in [6.07, 6.45) is 11.6. The molecule has 0 N–H and O–H groups in total. The average molecular weight is 206 g/mol. The van der Waals surface area contributed by atoms with E-state index in [-0.39, 0.29) is 0 Å². The summed E-state index contributed by atoms with van der Waals surface area (Å²) in [6, 6.07) is 0. The maximum Gasteiger partial charge on any atom is 0.139 e. The first-order valence-corrected chi connectivity index (χ1v) is 6.45. The summed E-state index contributed by atoms with van der Waals surface area (Å²) >= 11 is 0. The molecule has 2 saturated carbocycles. The van der Waals surface area contributed by atoms with E-state index in [1.54, 1.807) is 6.08 Å². The summed E-state index contributed by atoms with van der Waals surface area (Å²) < 4.78 is 0. The summed E-state index contributed by atoms with van der Waals surface area (Å²) in [6.45, 7) is 3.66. The summed E-state index contributed by atoms with van der Waals surface area (Å²) in [5.41, 5.74) is 0. The Hall–Kier alpha value is -0.590. The number of allylic oxidation sites excluding steroid dienone is 1. The number of Topliss-reactive ketones (excluding diaryl/α,β-unsaturated/α-hetero) is 1. The molecule has 3 atom stereocenters. The van der Waals surface area contributed by atoms with Gasteiger partial charge in [-0.15, -0.1) is 6.58 Å². The van der Waals surface area contributed by atoms with E-state index in [2.05, 4.69) is 6.58 Å². The SMILES string of the molecule is C=CCC(=O)C1CCC2CCCCC2C1. The molecular formula is C14H22O. The zero-order valence-electron chi connectivity index (χ0n) is 9.58. The maximum absolute atomic E-state index is 11.8. The van der Waals surface area contributed by atoms with Gasteiger partial charge in [0.25, 0.3) is 0 Å². The molecule has 0 saturated heterocycles. The Labute approximate surface area is 92.9 Å².